The molecule has 0 radical (unpaired) electrons. The zero-order valence-corrected chi connectivity index (χ0v) is 21.6. The SMILES string of the molecule is COc1ccc(CC(C)CCc2c[nH]c3ccccc23)cc1C(C)(C)c1ccc(C(C)C)cc1. The van der Waals surface area contributed by atoms with E-state index in [1.807, 2.05) is 0 Å². The van der Waals surface area contributed by atoms with Gasteiger partial charge in [-0.1, -0.05) is 89.2 Å². The van der Waals surface area contributed by atoms with Crippen molar-refractivity contribution in [2.75, 3.05) is 7.11 Å². The zero-order chi connectivity index (χ0) is 24.3. The molecule has 1 aromatic heterocycles. The Hall–Kier alpha value is -3.00. The monoisotopic (exact) mass is 453 g/mol. The van der Waals surface area contributed by atoms with Crippen molar-refractivity contribution in [3.8, 4) is 5.75 Å². The summed E-state index contributed by atoms with van der Waals surface area (Å²) in [6.45, 7) is 11.5. The van der Waals surface area contributed by atoms with Crippen LogP contribution in [0.4, 0.5) is 0 Å². The number of benzene rings is 3. The molecule has 0 aliphatic heterocycles. The number of rotatable bonds is 9. The molecular weight excluding hydrogens is 414 g/mol. The Balaban J connectivity index is 1.51. The van der Waals surface area contributed by atoms with Crippen LogP contribution in [0.5, 0.6) is 5.75 Å². The number of H-pyrrole nitrogens is 1. The summed E-state index contributed by atoms with van der Waals surface area (Å²) >= 11 is 0. The van der Waals surface area contributed by atoms with E-state index in [1.54, 1.807) is 7.11 Å². The van der Waals surface area contributed by atoms with Crippen molar-refractivity contribution in [3.63, 3.8) is 0 Å². The van der Waals surface area contributed by atoms with E-state index in [2.05, 4.69) is 113 Å². The summed E-state index contributed by atoms with van der Waals surface area (Å²) in [6.07, 6.45) is 5.52. The fraction of sp³-hybridized carbons (Fsp3) is 0.375. The molecule has 0 aliphatic rings. The molecule has 2 nitrogen and oxygen atoms in total. The van der Waals surface area contributed by atoms with E-state index in [0.29, 0.717) is 11.8 Å². The van der Waals surface area contributed by atoms with Gasteiger partial charge in [0.05, 0.1) is 7.11 Å². The van der Waals surface area contributed by atoms with Gasteiger partial charge >= 0.3 is 0 Å². The number of aromatic nitrogens is 1. The number of para-hydroxylation sites is 1. The second-order valence-electron chi connectivity index (χ2n) is 10.6. The maximum Gasteiger partial charge on any atom is 0.122 e. The highest BCUT2D eigenvalue weighted by Crippen LogP contribution is 2.38. The average molecular weight is 454 g/mol. The molecule has 1 unspecified atom stereocenters. The van der Waals surface area contributed by atoms with Gasteiger partial charge in [-0.3, -0.25) is 0 Å². The van der Waals surface area contributed by atoms with Crippen molar-refractivity contribution in [2.45, 2.75) is 65.2 Å². The predicted octanol–water partition coefficient (Wildman–Crippen LogP) is 8.44. The highest BCUT2D eigenvalue weighted by Gasteiger charge is 2.27. The van der Waals surface area contributed by atoms with Gasteiger partial charge in [-0.25, -0.2) is 0 Å². The van der Waals surface area contributed by atoms with Crippen molar-refractivity contribution >= 4 is 10.9 Å². The fourth-order valence-electron chi connectivity index (χ4n) is 5.06. The lowest BCUT2D eigenvalue weighted by molar-refractivity contribution is 0.400. The lowest BCUT2D eigenvalue weighted by atomic mass is 9.76. The Morgan fingerprint density at radius 1 is 0.912 bits per heavy atom. The van der Waals surface area contributed by atoms with Crippen LogP contribution in [0, 0.1) is 5.92 Å². The largest absolute Gasteiger partial charge is 0.496 e. The normalized spacial score (nSPS) is 12.9. The van der Waals surface area contributed by atoms with Gasteiger partial charge < -0.3 is 9.72 Å². The Morgan fingerprint density at radius 3 is 2.35 bits per heavy atom. The first kappa shape index (κ1) is 24.1. The lowest BCUT2D eigenvalue weighted by Gasteiger charge is -2.29. The summed E-state index contributed by atoms with van der Waals surface area (Å²) in [5, 5.41) is 1.35. The van der Waals surface area contributed by atoms with Crippen molar-refractivity contribution in [2.24, 2.45) is 5.92 Å². The van der Waals surface area contributed by atoms with Crippen LogP contribution < -0.4 is 4.74 Å². The molecule has 0 aliphatic carbocycles. The van der Waals surface area contributed by atoms with Crippen LogP contribution in [-0.4, -0.2) is 12.1 Å². The molecule has 4 aromatic rings. The molecule has 3 aromatic carbocycles. The molecule has 1 heterocycles. The van der Waals surface area contributed by atoms with E-state index < -0.39 is 0 Å². The van der Waals surface area contributed by atoms with Crippen molar-refractivity contribution < 1.29 is 4.74 Å². The van der Waals surface area contributed by atoms with Gasteiger partial charge in [0.1, 0.15) is 5.75 Å². The van der Waals surface area contributed by atoms with Gasteiger partial charge in [0, 0.05) is 28.1 Å². The van der Waals surface area contributed by atoms with Gasteiger partial charge in [-0.15, -0.1) is 0 Å². The molecule has 1 atom stereocenters. The fourth-order valence-corrected chi connectivity index (χ4v) is 5.06. The molecule has 1 N–H and O–H groups in total. The smallest absolute Gasteiger partial charge is 0.122 e. The number of ether oxygens (including phenoxy) is 1. The Morgan fingerprint density at radius 2 is 1.65 bits per heavy atom. The van der Waals surface area contributed by atoms with Crippen LogP contribution in [0.25, 0.3) is 10.9 Å². The quantitative estimate of drug-likeness (QED) is 0.270. The van der Waals surface area contributed by atoms with Gasteiger partial charge in [0.2, 0.25) is 0 Å². The minimum Gasteiger partial charge on any atom is -0.496 e. The van der Waals surface area contributed by atoms with Gasteiger partial charge in [0.15, 0.2) is 0 Å². The topological polar surface area (TPSA) is 25.0 Å². The molecule has 0 saturated heterocycles. The molecule has 0 saturated carbocycles. The van der Waals surface area contributed by atoms with Crippen molar-refractivity contribution in [1.29, 1.82) is 0 Å². The van der Waals surface area contributed by atoms with E-state index in [4.69, 9.17) is 4.74 Å². The number of hydrogen-bond acceptors (Lipinski definition) is 1. The zero-order valence-electron chi connectivity index (χ0n) is 21.6. The van der Waals surface area contributed by atoms with Crippen LogP contribution in [0.2, 0.25) is 0 Å². The second kappa shape index (κ2) is 10.1. The summed E-state index contributed by atoms with van der Waals surface area (Å²) < 4.78 is 5.81. The number of nitrogens with one attached hydrogen (secondary N) is 1. The molecule has 0 amide bonds. The first-order valence-corrected chi connectivity index (χ1v) is 12.6. The summed E-state index contributed by atoms with van der Waals surface area (Å²) in [4.78, 5) is 3.41. The Kier molecular flexibility index (Phi) is 7.16. The van der Waals surface area contributed by atoms with Gasteiger partial charge in [0.25, 0.3) is 0 Å². The van der Waals surface area contributed by atoms with E-state index in [-0.39, 0.29) is 5.41 Å². The number of hydrogen-bond donors (Lipinski definition) is 1. The van der Waals surface area contributed by atoms with E-state index >= 15 is 0 Å². The molecule has 0 fully saturated rings. The summed E-state index contributed by atoms with van der Waals surface area (Å²) in [5.74, 6) is 2.11. The van der Waals surface area contributed by atoms with Crippen LogP contribution in [0.15, 0.2) is 72.9 Å². The van der Waals surface area contributed by atoms with Crippen LogP contribution in [0.3, 0.4) is 0 Å². The van der Waals surface area contributed by atoms with E-state index in [9.17, 15) is 0 Å². The molecular formula is C32H39NO. The maximum atomic E-state index is 5.81. The first-order chi connectivity index (χ1) is 16.3. The predicted molar refractivity (Wildman–Crippen MR) is 145 cm³/mol. The minimum atomic E-state index is -0.135. The number of aromatic amines is 1. The van der Waals surface area contributed by atoms with Crippen LogP contribution in [-0.2, 0) is 18.3 Å². The standard InChI is InChI=1S/C32H39NO/c1-22(2)25-14-16-27(17-15-25)32(4,5)29-20-24(12-18-31(29)34-6)19-23(3)11-13-26-21-33-30-10-8-7-9-28(26)30/h7-10,12,14-18,20-23,33H,11,13,19H2,1-6H3. The van der Waals surface area contributed by atoms with E-state index in [1.165, 1.54) is 45.1 Å². The molecule has 178 valence electrons. The Bertz CT molecular complexity index is 1230. The van der Waals surface area contributed by atoms with E-state index in [0.717, 1.165) is 18.6 Å². The maximum absolute atomic E-state index is 5.81. The molecule has 2 heteroatoms. The molecule has 0 spiro atoms. The van der Waals surface area contributed by atoms with Gasteiger partial charge in [-0.05, 0) is 65.5 Å². The Labute approximate surface area is 205 Å². The number of methoxy groups -OCH3 is 1. The molecule has 34 heavy (non-hydrogen) atoms. The van der Waals surface area contributed by atoms with Crippen molar-refractivity contribution in [3.05, 3.63) is 101 Å². The second-order valence-corrected chi connectivity index (χ2v) is 10.6. The highest BCUT2D eigenvalue weighted by molar-refractivity contribution is 5.83. The first-order valence-electron chi connectivity index (χ1n) is 12.6. The third-order valence-corrected chi connectivity index (χ3v) is 7.40. The van der Waals surface area contributed by atoms with Crippen LogP contribution >= 0.6 is 0 Å². The number of fused-ring (bicyclic) bond motifs is 1. The third kappa shape index (κ3) is 5.06. The lowest BCUT2D eigenvalue weighted by Crippen LogP contribution is -2.20. The van der Waals surface area contributed by atoms with Gasteiger partial charge in [-0.2, -0.15) is 0 Å². The summed E-state index contributed by atoms with van der Waals surface area (Å²) in [5.41, 5.74) is 7.86. The number of aryl methyl sites for hydroxylation is 1. The highest BCUT2D eigenvalue weighted by atomic mass is 16.5. The third-order valence-electron chi connectivity index (χ3n) is 7.40. The molecule has 0 bridgehead atoms. The summed E-state index contributed by atoms with van der Waals surface area (Å²) in [7, 11) is 1.78. The van der Waals surface area contributed by atoms with Crippen molar-refractivity contribution in [1.82, 2.24) is 4.98 Å². The average Bonchev–Trinajstić information content (AvgIpc) is 3.26. The molecule has 4 rings (SSSR count). The summed E-state index contributed by atoms with van der Waals surface area (Å²) in [6, 6.07) is 24.5. The van der Waals surface area contributed by atoms with Crippen LogP contribution in [0.1, 0.15) is 74.8 Å². The minimum absolute atomic E-state index is 0.135.